The Kier molecular flexibility index (Phi) is 5.55. The van der Waals surface area contributed by atoms with Gasteiger partial charge in [-0.3, -0.25) is 19.9 Å². The van der Waals surface area contributed by atoms with Crippen LogP contribution < -0.4 is 0 Å². The summed E-state index contributed by atoms with van der Waals surface area (Å²) in [5, 5.41) is 7.00. The standard InChI is InChI=1S/C19H21N7O3S/c1-14-22-18(24-23-14)17-13-25(30(28,29)16-4-2-7-21-12-16)10-3-11-26(17)19(27)15-5-8-20-9-6-15/h2,4-9,12,17H,3,10-11,13H2,1H3,(H,22,23,24). The Hall–Kier alpha value is -3.18. The van der Waals surface area contributed by atoms with Gasteiger partial charge in [-0.1, -0.05) is 0 Å². The minimum absolute atomic E-state index is 0.0470. The third-order valence-corrected chi connectivity index (χ3v) is 6.78. The minimum atomic E-state index is -3.78. The first kappa shape index (κ1) is 20.1. The summed E-state index contributed by atoms with van der Waals surface area (Å²) in [7, 11) is -3.78. The second kappa shape index (κ2) is 8.28. The second-order valence-electron chi connectivity index (χ2n) is 6.93. The molecule has 1 fully saturated rings. The van der Waals surface area contributed by atoms with E-state index >= 15 is 0 Å². The number of nitrogens with one attached hydrogen (secondary N) is 1. The summed E-state index contributed by atoms with van der Waals surface area (Å²) in [4.78, 5) is 27.2. The number of rotatable bonds is 4. The van der Waals surface area contributed by atoms with Crippen molar-refractivity contribution in [3.8, 4) is 0 Å². The number of carbonyl (C=O) groups excluding carboxylic acids is 1. The molecule has 1 aliphatic rings. The minimum Gasteiger partial charge on any atom is -0.327 e. The molecular weight excluding hydrogens is 406 g/mol. The van der Waals surface area contributed by atoms with Gasteiger partial charge in [0.2, 0.25) is 10.0 Å². The van der Waals surface area contributed by atoms with Gasteiger partial charge in [-0.15, -0.1) is 0 Å². The number of hydrogen-bond acceptors (Lipinski definition) is 7. The predicted molar refractivity (Wildman–Crippen MR) is 107 cm³/mol. The Morgan fingerprint density at radius 1 is 1.13 bits per heavy atom. The average molecular weight is 427 g/mol. The Morgan fingerprint density at radius 3 is 2.60 bits per heavy atom. The fraction of sp³-hybridized carbons (Fsp3) is 0.316. The first-order chi connectivity index (χ1) is 14.5. The van der Waals surface area contributed by atoms with E-state index in [4.69, 9.17) is 0 Å². The summed E-state index contributed by atoms with van der Waals surface area (Å²) in [5.74, 6) is 0.751. The molecule has 4 heterocycles. The maximum atomic E-state index is 13.2. The summed E-state index contributed by atoms with van der Waals surface area (Å²) in [6, 6.07) is 5.73. The number of aromatic nitrogens is 5. The molecule has 1 N–H and O–H groups in total. The van der Waals surface area contributed by atoms with E-state index in [-0.39, 0.29) is 23.9 Å². The van der Waals surface area contributed by atoms with Crippen molar-refractivity contribution < 1.29 is 13.2 Å². The summed E-state index contributed by atoms with van der Waals surface area (Å²) >= 11 is 0. The van der Waals surface area contributed by atoms with Crippen LogP contribution >= 0.6 is 0 Å². The molecule has 1 unspecified atom stereocenters. The van der Waals surface area contributed by atoms with E-state index in [1.54, 1.807) is 42.4 Å². The highest BCUT2D eigenvalue weighted by Crippen LogP contribution is 2.28. The lowest BCUT2D eigenvalue weighted by atomic mass is 10.1. The molecule has 1 saturated heterocycles. The van der Waals surface area contributed by atoms with Gasteiger partial charge in [0.05, 0.1) is 0 Å². The number of aromatic amines is 1. The summed E-state index contributed by atoms with van der Waals surface area (Å²) in [5.41, 5.74) is 0.478. The van der Waals surface area contributed by atoms with Crippen LogP contribution in [0.1, 0.15) is 34.5 Å². The maximum Gasteiger partial charge on any atom is 0.254 e. The molecule has 0 bridgehead atoms. The first-order valence-corrected chi connectivity index (χ1v) is 10.9. The summed E-state index contributed by atoms with van der Waals surface area (Å²) in [6.45, 7) is 2.45. The number of aryl methyl sites for hydroxylation is 1. The van der Waals surface area contributed by atoms with E-state index < -0.39 is 16.1 Å². The predicted octanol–water partition coefficient (Wildman–Crippen LogP) is 1.18. The van der Waals surface area contributed by atoms with E-state index in [0.717, 1.165) is 0 Å². The lowest BCUT2D eigenvalue weighted by Crippen LogP contribution is -2.40. The molecule has 1 aliphatic heterocycles. The summed E-state index contributed by atoms with van der Waals surface area (Å²) in [6.07, 6.45) is 6.43. The van der Waals surface area contributed by atoms with Gasteiger partial charge in [0.25, 0.3) is 5.91 Å². The molecule has 0 spiro atoms. The number of nitrogens with zero attached hydrogens (tertiary/aromatic N) is 6. The number of sulfonamides is 1. The molecule has 1 atom stereocenters. The van der Waals surface area contributed by atoms with Crippen LogP contribution in [0.25, 0.3) is 0 Å². The molecular formula is C19H21N7O3S. The Balaban J connectivity index is 1.71. The van der Waals surface area contributed by atoms with E-state index in [9.17, 15) is 13.2 Å². The van der Waals surface area contributed by atoms with E-state index in [1.165, 1.54) is 22.8 Å². The summed E-state index contributed by atoms with van der Waals surface area (Å²) < 4.78 is 27.8. The zero-order valence-electron chi connectivity index (χ0n) is 16.3. The molecule has 4 rings (SSSR count). The highest BCUT2D eigenvalue weighted by Gasteiger charge is 2.37. The van der Waals surface area contributed by atoms with Gasteiger partial charge in [-0.2, -0.15) is 9.40 Å². The van der Waals surface area contributed by atoms with Crippen LogP contribution in [0.5, 0.6) is 0 Å². The first-order valence-electron chi connectivity index (χ1n) is 9.47. The SMILES string of the molecule is Cc1nc(C2CN(S(=O)(=O)c3cccnc3)CCCN2C(=O)c2ccncc2)n[nH]1. The highest BCUT2D eigenvalue weighted by atomic mass is 32.2. The van der Waals surface area contributed by atoms with E-state index in [0.29, 0.717) is 30.2 Å². The largest absolute Gasteiger partial charge is 0.327 e. The molecule has 0 radical (unpaired) electrons. The molecule has 156 valence electrons. The number of carbonyl (C=O) groups is 1. The number of hydrogen-bond donors (Lipinski definition) is 1. The van der Waals surface area contributed by atoms with Gasteiger partial charge in [0, 0.05) is 50.0 Å². The number of H-pyrrole nitrogens is 1. The molecule has 1 amide bonds. The maximum absolute atomic E-state index is 13.2. The van der Waals surface area contributed by atoms with Gasteiger partial charge in [-0.05, 0) is 37.6 Å². The third kappa shape index (κ3) is 3.94. The average Bonchev–Trinajstić information content (AvgIpc) is 3.07. The van der Waals surface area contributed by atoms with Crippen molar-refractivity contribution in [1.82, 2.24) is 34.4 Å². The van der Waals surface area contributed by atoms with Crippen molar-refractivity contribution in [2.24, 2.45) is 0 Å². The molecule has 3 aromatic rings. The number of pyridine rings is 2. The van der Waals surface area contributed by atoms with E-state index in [2.05, 4.69) is 25.1 Å². The third-order valence-electron chi connectivity index (χ3n) is 4.93. The molecule has 30 heavy (non-hydrogen) atoms. The smallest absolute Gasteiger partial charge is 0.254 e. The van der Waals surface area contributed by atoms with Crippen molar-refractivity contribution in [3.05, 3.63) is 66.3 Å². The zero-order chi connectivity index (χ0) is 21.1. The van der Waals surface area contributed by atoms with Gasteiger partial charge in [-0.25, -0.2) is 13.4 Å². The Morgan fingerprint density at radius 2 is 1.93 bits per heavy atom. The van der Waals surface area contributed by atoms with Crippen LogP contribution in [0.3, 0.4) is 0 Å². The molecule has 0 aromatic carbocycles. The second-order valence-corrected chi connectivity index (χ2v) is 8.87. The van der Waals surface area contributed by atoms with Crippen molar-refractivity contribution in [2.75, 3.05) is 19.6 Å². The molecule has 0 aliphatic carbocycles. The molecule has 10 nitrogen and oxygen atoms in total. The highest BCUT2D eigenvalue weighted by molar-refractivity contribution is 7.89. The fourth-order valence-corrected chi connectivity index (χ4v) is 4.91. The van der Waals surface area contributed by atoms with E-state index in [1.807, 2.05) is 0 Å². The van der Waals surface area contributed by atoms with Crippen molar-refractivity contribution in [1.29, 1.82) is 0 Å². The van der Waals surface area contributed by atoms with Gasteiger partial charge < -0.3 is 4.90 Å². The van der Waals surface area contributed by atoms with Crippen molar-refractivity contribution in [3.63, 3.8) is 0 Å². The van der Waals surface area contributed by atoms with Crippen LogP contribution in [-0.4, -0.2) is 68.3 Å². The van der Waals surface area contributed by atoms with Crippen molar-refractivity contribution >= 4 is 15.9 Å². The quantitative estimate of drug-likeness (QED) is 0.663. The fourth-order valence-electron chi connectivity index (χ4n) is 3.46. The van der Waals surface area contributed by atoms with Crippen LogP contribution in [0.2, 0.25) is 0 Å². The molecule has 11 heteroatoms. The van der Waals surface area contributed by atoms with Crippen LogP contribution in [0, 0.1) is 6.92 Å². The van der Waals surface area contributed by atoms with Crippen LogP contribution in [0.4, 0.5) is 0 Å². The topological polar surface area (TPSA) is 125 Å². The zero-order valence-corrected chi connectivity index (χ0v) is 17.2. The lowest BCUT2D eigenvalue weighted by Gasteiger charge is -2.29. The van der Waals surface area contributed by atoms with Gasteiger partial charge >= 0.3 is 0 Å². The number of amides is 1. The van der Waals surface area contributed by atoms with Gasteiger partial charge in [0.1, 0.15) is 16.8 Å². The van der Waals surface area contributed by atoms with Crippen molar-refractivity contribution in [2.45, 2.75) is 24.3 Å². The van der Waals surface area contributed by atoms with Gasteiger partial charge in [0.15, 0.2) is 5.82 Å². The lowest BCUT2D eigenvalue weighted by molar-refractivity contribution is 0.0676. The Labute approximate surface area is 174 Å². The van der Waals surface area contributed by atoms with Crippen LogP contribution in [0.15, 0.2) is 53.9 Å². The normalized spacial score (nSPS) is 18.2. The monoisotopic (exact) mass is 427 g/mol. The molecule has 3 aromatic heterocycles. The Bertz CT molecular complexity index is 1120. The van der Waals surface area contributed by atoms with Crippen LogP contribution in [-0.2, 0) is 10.0 Å². The molecule has 0 saturated carbocycles.